The molecule has 0 aliphatic rings. The summed E-state index contributed by atoms with van der Waals surface area (Å²) in [6.07, 6.45) is -7.44. The van der Waals surface area contributed by atoms with Crippen LogP contribution in [-0.2, 0) is 37.6 Å². The van der Waals surface area contributed by atoms with Crippen molar-refractivity contribution in [3.8, 4) is 22.8 Å². The molecule has 6 aromatic rings. The molecular weight excluding hydrogens is 953 g/mol. The Balaban J connectivity index is 0.000000342. The molecule has 4 aromatic heterocycles. The predicted octanol–water partition coefficient (Wildman–Crippen LogP) is 9.80. The number of hydrogen-bond acceptors (Lipinski definition) is 8. The molecule has 2 atom stereocenters. The number of sulfonamides is 2. The van der Waals surface area contributed by atoms with Crippen molar-refractivity contribution in [3.05, 3.63) is 95.8 Å². The number of aromatic amines is 1. The van der Waals surface area contributed by atoms with Crippen LogP contribution < -0.4 is 9.44 Å². The van der Waals surface area contributed by atoms with Gasteiger partial charge in [-0.05, 0) is 119 Å². The Labute approximate surface area is 383 Å². The van der Waals surface area contributed by atoms with E-state index in [4.69, 9.17) is 4.74 Å². The summed E-state index contributed by atoms with van der Waals surface area (Å²) in [5.74, 6) is -0.771. The van der Waals surface area contributed by atoms with Crippen LogP contribution in [0.3, 0.4) is 0 Å². The van der Waals surface area contributed by atoms with Gasteiger partial charge in [-0.2, -0.15) is 62.8 Å². The van der Waals surface area contributed by atoms with Crippen LogP contribution in [0, 0.1) is 11.6 Å². The lowest BCUT2D eigenvalue weighted by Gasteiger charge is -2.21. The highest BCUT2D eigenvalue weighted by molar-refractivity contribution is 7.89. The number of fused-ring (bicyclic) bond motifs is 2. The van der Waals surface area contributed by atoms with E-state index in [1.165, 1.54) is 41.0 Å². The van der Waals surface area contributed by atoms with Crippen LogP contribution in [0.1, 0.15) is 59.6 Å². The van der Waals surface area contributed by atoms with Crippen molar-refractivity contribution >= 4 is 74.9 Å². The van der Waals surface area contributed by atoms with Gasteiger partial charge in [-0.25, -0.2) is 35.0 Å². The van der Waals surface area contributed by atoms with Crippen molar-refractivity contribution in [1.82, 2.24) is 29.0 Å². The molecule has 0 saturated carbocycles. The van der Waals surface area contributed by atoms with Crippen molar-refractivity contribution in [2.75, 3.05) is 0 Å². The molecule has 0 saturated heterocycles. The van der Waals surface area contributed by atoms with E-state index in [1.54, 1.807) is 49.3 Å². The maximum Gasteiger partial charge on any atom is 0.419 e. The average molecular weight is 999 g/mol. The number of H-pyrrole nitrogens is 1. The van der Waals surface area contributed by atoms with E-state index in [0.717, 1.165) is 24.5 Å². The smallest absolute Gasteiger partial charge is 0.419 e. The molecule has 0 radical (unpaired) electrons. The number of aryl methyl sites for hydroxylation is 2. The average Bonchev–Trinajstić information content (AvgIpc) is 3.76. The molecule has 3 N–H and O–H groups in total. The van der Waals surface area contributed by atoms with Gasteiger partial charge in [0.05, 0.1) is 28.3 Å². The first-order chi connectivity index (χ1) is 29.0. The zero-order chi connectivity index (χ0) is 47.0. The maximum atomic E-state index is 14.4. The molecule has 356 valence electrons. The number of hydrogen-bond donors (Lipinski definition) is 3. The first kappa shape index (κ1) is 54.6. The van der Waals surface area contributed by atoms with Crippen molar-refractivity contribution in [3.63, 3.8) is 0 Å². The van der Waals surface area contributed by atoms with Crippen LogP contribution in [0.5, 0.6) is 0 Å². The van der Waals surface area contributed by atoms with E-state index < -0.39 is 66.9 Å². The molecule has 0 unspecified atom stereocenters. The molecule has 24 heteroatoms. The third kappa shape index (κ3) is 13.0. The summed E-state index contributed by atoms with van der Waals surface area (Å²) in [7, 11) is -8.89. The Morgan fingerprint density at radius 2 is 1.17 bits per heavy atom. The molecule has 12 nitrogen and oxygen atoms in total. The third-order valence-corrected chi connectivity index (χ3v) is 12.4. The van der Waals surface area contributed by atoms with Crippen LogP contribution in [0.15, 0.2) is 82.8 Å². The SMILES string of the molecule is CCc1cc2[nH]c(-c3ccc(S(=O)(=O)N[C@@H](C)C(F)(F)F)cn3)cc2cc1F.CCc1cc2c(cc1F)cc(-c1ccc(S(=O)(=O)N[C@@H](C)C(F)(F)F)cn1)n2C(=O)OC(C)(C)C.S.S. The summed E-state index contributed by atoms with van der Waals surface area (Å²) in [6, 6.07) is 9.39. The number of alkyl halides is 6. The van der Waals surface area contributed by atoms with Crippen LogP contribution in [0.25, 0.3) is 44.6 Å². The molecule has 0 spiro atoms. The first-order valence-electron chi connectivity index (χ1n) is 19.0. The second-order valence-corrected chi connectivity index (χ2v) is 18.7. The molecule has 0 aliphatic heterocycles. The van der Waals surface area contributed by atoms with Crippen LogP contribution in [-0.4, -0.2) is 72.5 Å². The van der Waals surface area contributed by atoms with Crippen molar-refractivity contribution in [2.45, 2.75) is 101 Å². The lowest BCUT2D eigenvalue weighted by atomic mass is 10.1. The van der Waals surface area contributed by atoms with Gasteiger partial charge in [0.25, 0.3) is 0 Å². The first-order valence-corrected chi connectivity index (χ1v) is 22.0. The summed E-state index contributed by atoms with van der Waals surface area (Å²) in [5.41, 5.74) is 2.40. The summed E-state index contributed by atoms with van der Waals surface area (Å²) in [4.78, 5) is 23.3. The number of benzene rings is 2. The number of ether oxygens (including phenoxy) is 1. The van der Waals surface area contributed by atoms with E-state index in [1.807, 2.05) is 6.92 Å². The maximum absolute atomic E-state index is 14.4. The Bertz CT molecular complexity index is 2860. The molecule has 6 rings (SSSR count). The molecular formula is C41H46F8N6O6S4. The molecule has 0 bridgehead atoms. The minimum absolute atomic E-state index is 0. The Morgan fingerprint density at radius 3 is 1.60 bits per heavy atom. The molecule has 2 aromatic carbocycles. The monoisotopic (exact) mass is 998 g/mol. The van der Waals surface area contributed by atoms with E-state index in [9.17, 15) is 56.8 Å². The van der Waals surface area contributed by atoms with Crippen molar-refractivity contribution in [2.24, 2.45) is 0 Å². The van der Waals surface area contributed by atoms with Gasteiger partial charge in [0.15, 0.2) is 0 Å². The van der Waals surface area contributed by atoms with Crippen LogP contribution in [0.2, 0.25) is 0 Å². The lowest BCUT2D eigenvalue weighted by Crippen LogP contribution is -2.42. The lowest BCUT2D eigenvalue weighted by molar-refractivity contribution is -0.147. The Hall–Kier alpha value is -4.75. The van der Waals surface area contributed by atoms with Gasteiger partial charge >= 0.3 is 18.4 Å². The minimum Gasteiger partial charge on any atom is -0.443 e. The number of carbonyl (C=O) groups is 1. The van der Waals surface area contributed by atoms with Gasteiger partial charge in [-0.3, -0.25) is 9.97 Å². The fourth-order valence-corrected chi connectivity index (χ4v) is 8.31. The summed E-state index contributed by atoms with van der Waals surface area (Å²) in [6.45, 7) is 10.0. The predicted molar refractivity (Wildman–Crippen MR) is 239 cm³/mol. The molecule has 0 amide bonds. The van der Waals surface area contributed by atoms with Gasteiger partial charge in [0.1, 0.15) is 39.1 Å². The Morgan fingerprint density at radius 1 is 0.708 bits per heavy atom. The normalized spacial score (nSPS) is 13.3. The van der Waals surface area contributed by atoms with Gasteiger partial charge < -0.3 is 9.72 Å². The second kappa shape index (κ2) is 20.4. The molecule has 4 heterocycles. The highest BCUT2D eigenvalue weighted by Gasteiger charge is 2.40. The zero-order valence-electron chi connectivity index (χ0n) is 35.6. The van der Waals surface area contributed by atoms with E-state index >= 15 is 0 Å². The minimum atomic E-state index is -4.76. The summed E-state index contributed by atoms with van der Waals surface area (Å²) < 4.78 is 163. The topological polar surface area (TPSA) is 165 Å². The number of nitrogens with one attached hydrogen (secondary N) is 3. The van der Waals surface area contributed by atoms with Crippen LogP contribution in [0.4, 0.5) is 39.9 Å². The fraction of sp³-hybridized carbons (Fsp3) is 0.341. The van der Waals surface area contributed by atoms with E-state index in [-0.39, 0.29) is 49.1 Å². The zero-order valence-corrected chi connectivity index (χ0v) is 39.3. The number of pyridine rings is 2. The van der Waals surface area contributed by atoms with Crippen molar-refractivity contribution in [1.29, 1.82) is 0 Å². The van der Waals surface area contributed by atoms with Gasteiger partial charge in [-0.15, -0.1) is 0 Å². The standard InChI is InChI=1S/C23H25F4N3O4S.C18H17F4N3O2S.2H2S/c1-6-14-10-19-15(9-17(14)24)11-20(30(19)21(31)34-22(3,4)5)18-8-7-16(12-28-18)35(32,33)29-13(2)23(25,26)27;1-3-11-7-16-12(6-14(11)19)8-17(24-16)15-5-4-13(9-23-15)28(26,27)25-10(2)18(20,21)22;;/h7-13,29H,6H2,1-5H3;4-10,24-25H,3H2,1-2H3;2*1H2/t13-;10-;;/m00../s1. The number of halogens is 8. The summed E-state index contributed by atoms with van der Waals surface area (Å²) >= 11 is 0. The van der Waals surface area contributed by atoms with E-state index in [2.05, 4.69) is 15.0 Å². The summed E-state index contributed by atoms with van der Waals surface area (Å²) in [5, 5.41) is 1.02. The highest BCUT2D eigenvalue weighted by atomic mass is 32.2. The number of carbonyl (C=O) groups excluding carboxylic acids is 1. The number of aromatic nitrogens is 4. The molecule has 0 aliphatic carbocycles. The number of nitrogens with zero attached hydrogens (tertiary/aromatic N) is 3. The largest absolute Gasteiger partial charge is 0.443 e. The quantitative estimate of drug-likeness (QED) is 0.114. The highest BCUT2D eigenvalue weighted by Crippen LogP contribution is 2.32. The molecule has 0 fully saturated rings. The van der Waals surface area contributed by atoms with E-state index in [0.29, 0.717) is 71.0 Å². The van der Waals surface area contributed by atoms with Gasteiger partial charge in [0.2, 0.25) is 20.0 Å². The molecule has 65 heavy (non-hydrogen) atoms. The van der Waals surface area contributed by atoms with Crippen molar-refractivity contribution < 1.29 is 61.5 Å². The fourth-order valence-electron chi connectivity index (χ4n) is 5.97. The number of rotatable bonds is 10. The van der Waals surface area contributed by atoms with Crippen LogP contribution >= 0.6 is 27.0 Å². The van der Waals surface area contributed by atoms with Gasteiger partial charge in [-0.1, -0.05) is 13.8 Å². The second-order valence-electron chi connectivity index (χ2n) is 15.3. The van der Waals surface area contributed by atoms with Gasteiger partial charge in [0, 0.05) is 28.7 Å². The third-order valence-electron chi connectivity index (χ3n) is 9.37. The Kier molecular flexibility index (Phi) is 17.1.